The molecule has 0 radical (unpaired) electrons. The summed E-state index contributed by atoms with van der Waals surface area (Å²) < 4.78 is 26.1. The molecule has 2 rings (SSSR count). The number of rotatable bonds is 2. The molecule has 2 N–H and O–H groups in total. The Kier molecular flexibility index (Phi) is 3.84. The fourth-order valence-electron chi connectivity index (χ4n) is 2.30. The molecule has 6 heteroatoms. The van der Waals surface area contributed by atoms with Gasteiger partial charge in [-0.25, -0.2) is 8.78 Å². The largest absolute Gasteiger partial charge is 0.309 e. The van der Waals surface area contributed by atoms with E-state index < -0.39 is 5.92 Å². The second-order valence-electron chi connectivity index (χ2n) is 6.54. The number of aromatic nitrogens is 2. The van der Waals surface area contributed by atoms with Gasteiger partial charge in [-0.2, -0.15) is 5.10 Å². The van der Waals surface area contributed by atoms with Crippen LogP contribution in [0.4, 0.5) is 14.6 Å². The minimum absolute atomic E-state index is 0.0805. The molecule has 0 aliphatic heterocycles. The summed E-state index contributed by atoms with van der Waals surface area (Å²) in [7, 11) is 0. The number of nitrogens with zero attached hydrogens (tertiary/aromatic N) is 1. The Bertz CT molecular complexity index is 481. The van der Waals surface area contributed by atoms with Crippen molar-refractivity contribution in [1.82, 2.24) is 10.2 Å². The summed E-state index contributed by atoms with van der Waals surface area (Å²) in [6.07, 6.45) is 0.0442. The van der Waals surface area contributed by atoms with E-state index in [0.717, 1.165) is 5.69 Å². The summed E-state index contributed by atoms with van der Waals surface area (Å²) in [5.41, 5.74) is 0.839. The number of amides is 1. The molecule has 20 heavy (non-hydrogen) atoms. The van der Waals surface area contributed by atoms with Gasteiger partial charge in [0.1, 0.15) is 0 Å². The maximum absolute atomic E-state index is 13.1. The number of aromatic amines is 1. The van der Waals surface area contributed by atoms with E-state index in [0.29, 0.717) is 5.82 Å². The highest BCUT2D eigenvalue weighted by molar-refractivity contribution is 5.91. The molecule has 0 atom stereocenters. The Morgan fingerprint density at radius 2 is 2.00 bits per heavy atom. The molecule has 1 aliphatic carbocycles. The first kappa shape index (κ1) is 14.9. The van der Waals surface area contributed by atoms with Crippen molar-refractivity contribution < 1.29 is 13.6 Å². The van der Waals surface area contributed by atoms with Crippen LogP contribution in [-0.4, -0.2) is 22.0 Å². The van der Waals surface area contributed by atoms with Crippen LogP contribution in [0.25, 0.3) is 0 Å². The minimum Gasteiger partial charge on any atom is -0.309 e. The highest BCUT2D eigenvalue weighted by Gasteiger charge is 2.37. The molecule has 0 unspecified atom stereocenters. The van der Waals surface area contributed by atoms with E-state index in [2.05, 4.69) is 15.5 Å². The van der Waals surface area contributed by atoms with Gasteiger partial charge in [-0.1, -0.05) is 20.8 Å². The van der Waals surface area contributed by atoms with Gasteiger partial charge in [0.25, 0.3) is 0 Å². The summed E-state index contributed by atoms with van der Waals surface area (Å²) in [4.78, 5) is 12.0. The number of H-pyrrole nitrogens is 1. The molecule has 0 saturated heterocycles. The molecule has 0 spiro atoms. The molecule has 1 heterocycles. The minimum atomic E-state index is -2.61. The zero-order chi connectivity index (χ0) is 15.0. The van der Waals surface area contributed by atoms with Crippen molar-refractivity contribution >= 4 is 11.7 Å². The first-order valence-electron chi connectivity index (χ1n) is 6.92. The standard InChI is InChI=1S/C14H21F2N3O/c1-13(2,3)10-8-11(19-18-10)17-12(20)9-4-6-14(15,16)7-5-9/h8-9H,4-7H2,1-3H3,(H2,17,18,19,20). The summed E-state index contributed by atoms with van der Waals surface area (Å²) in [5.74, 6) is -2.71. The summed E-state index contributed by atoms with van der Waals surface area (Å²) in [6, 6.07) is 1.79. The van der Waals surface area contributed by atoms with Gasteiger partial charge >= 0.3 is 0 Å². The van der Waals surface area contributed by atoms with Crippen molar-refractivity contribution in [2.45, 2.75) is 57.8 Å². The molecule has 1 aromatic heterocycles. The zero-order valence-corrected chi connectivity index (χ0v) is 12.1. The van der Waals surface area contributed by atoms with Crippen LogP contribution in [0, 0.1) is 5.92 Å². The van der Waals surface area contributed by atoms with E-state index in [4.69, 9.17) is 0 Å². The fraction of sp³-hybridized carbons (Fsp3) is 0.714. The molecule has 1 saturated carbocycles. The van der Waals surface area contributed by atoms with E-state index in [-0.39, 0.29) is 42.9 Å². The average molecular weight is 285 g/mol. The van der Waals surface area contributed by atoms with Crippen LogP contribution in [0.5, 0.6) is 0 Å². The fourth-order valence-corrected chi connectivity index (χ4v) is 2.30. The Balaban J connectivity index is 1.94. The van der Waals surface area contributed by atoms with Gasteiger partial charge in [-0.15, -0.1) is 0 Å². The van der Waals surface area contributed by atoms with E-state index in [1.165, 1.54) is 0 Å². The lowest BCUT2D eigenvalue weighted by molar-refractivity contribution is -0.124. The third-order valence-electron chi connectivity index (χ3n) is 3.73. The van der Waals surface area contributed by atoms with Gasteiger partial charge in [-0.05, 0) is 12.8 Å². The SMILES string of the molecule is CC(C)(C)c1cc(NC(=O)C2CCC(F)(F)CC2)n[nH]1. The highest BCUT2D eigenvalue weighted by Crippen LogP contribution is 2.36. The number of carbonyl (C=O) groups excluding carboxylic acids is 1. The summed E-state index contributed by atoms with van der Waals surface area (Å²) >= 11 is 0. The average Bonchev–Trinajstić information content (AvgIpc) is 2.77. The Hall–Kier alpha value is -1.46. The second-order valence-corrected chi connectivity index (χ2v) is 6.54. The van der Waals surface area contributed by atoms with E-state index in [1.807, 2.05) is 20.8 Å². The molecule has 0 aromatic carbocycles. The van der Waals surface area contributed by atoms with Gasteiger partial charge in [0.2, 0.25) is 11.8 Å². The third-order valence-corrected chi connectivity index (χ3v) is 3.73. The van der Waals surface area contributed by atoms with Crippen molar-refractivity contribution in [3.63, 3.8) is 0 Å². The molecule has 0 bridgehead atoms. The lowest BCUT2D eigenvalue weighted by Gasteiger charge is -2.27. The summed E-state index contributed by atoms with van der Waals surface area (Å²) in [6.45, 7) is 6.11. The molecule has 4 nitrogen and oxygen atoms in total. The van der Waals surface area contributed by atoms with Crippen LogP contribution in [0.1, 0.15) is 52.1 Å². The quantitative estimate of drug-likeness (QED) is 0.874. The van der Waals surface area contributed by atoms with Crippen molar-refractivity contribution in [2.75, 3.05) is 5.32 Å². The maximum Gasteiger partial charge on any atom is 0.248 e. The third kappa shape index (κ3) is 3.55. The maximum atomic E-state index is 13.1. The molecular weight excluding hydrogens is 264 g/mol. The van der Waals surface area contributed by atoms with Gasteiger partial charge < -0.3 is 5.32 Å². The predicted molar refractivity (Wildman–Crippen MR) is 72.8 cm³/mol. The van der Waals surface area contributed by atoms with Crippen molar-refractivity contribution in [2.24, 2.45) is 5.92 Å². The molecule has 1 aliphatic rings. The lowest BCUT2D eigenvalue weighted by atomic mass is 9.86. The second kappa shape index (κ2) is 5.14. The van der Waals surface area contributed by atoms with Crippen LogP contribution in [0.2, 0.25) is 0 Å². The van der Waals surface area contributed by atoms with Crippen LogP contribution in [0.3, 0.4) is 0 Å². The predicted octanol–water partition coefficient (Wildman–Crippen LogP) is 3.47. The van der Waals surface area contributed by atoms with E-state index >= 15 is 0 Å². The Morgan fingerprint density at radius 1 is 1.40 bits per heavy atom. The highest BCUT2D eigenvalue weighted by atomic mass is 19.3. The molecular formula is C14H21F2N3O. The number of hydrogen-bond donors (Lipinski definition) is 2. The lowest BCUT2D eigenvalue weighted by Crippen LogP contribution is -2.31. The van der Waals surface area contributed by atoms with Gasteiger partial charge in [0.05, 0.1) is 0 Å². The van der Waals surface area contributed by atoms with Gasteiger partial charge in [0, 0.05) is 35.9 Å². The first-order valence-corrected chi connectivity index (χ1v) is 6.92. The normalized spacial score (nSPS) is 19.9. The number of carbonyl (C=O) groups is 1. The number of halogens is 2. The van der Waals surface area contributed by atoms with Gasteiger partial charge in [0.15, 0.2) is 5.82 Å². The first-order chi connectivity index (χ1) is 9.17. The van der Waals surface area contributed by atoms with Crippen LogP contribution >= 0.6 is 0 Å². The smallest absolute Gasteiger partial charge is 0.248 e. The number of alkyl halides is 2. The number of hydrogen-bond acceptors (Lipinski definition) is 2. The van der Waals surface area contributed by atoms with E-state index in [9.17, 15) is 13.6 Å². The van der Waals surface area contributed by atoms with Crippen molar-refractivity contribution in [3.8, 4) is 0 Å². The van der Waals surface area contributed by atoms with Crippen LogP contribution in [-0.2, 0) is 10.2 Å². The topological polar surface area (TPSA) is 57.8 Å². The number of nitrogens with one attached hydrogen (secondary N) is 2. The molecule has 1 aromatic rings. The van der Waals surface area contributed by atoms with Crippen molar-refractivity contribution in [3.05, 3.63) is 11.8 Å². The Labute approximate surface area is 117 Å². The zero-order valence-electron chi connectivity index (χ0n) is 12.1. The molecule has 1 amide bonds. The van der Waals surface area contributed by atoms with Crippen LogP contribution < -0.4 is 5.32 Å². The monoisotopic (exact) mass is 285 g/mol. The van der Waals surface area contributed by atoms with Crippen molar-refractivity contribution in [1.29, 1.82) is 0 Å². The molecule has 112 valence electrons. The van der Waals surface area contributed by atoms with Gasteiger partial charge in [-0.3, -0.25) is 9.89 Å². The number of anilines is 1. The van der Waals surface area contributed by atoms with Crippen LogP contribution in [0.15, 0.2) is 6.07 Å². The van der Waals surface area contributed by atoms with E-state index in [1.54, 1.807) is 6.07 Å². The molecule has 1 fully saturated rings. The Morgan fingerprint density at radius 3 is 2.50 bits per heavy atom. The summed E-state index contributed by atoms with van der Waals surface area (Å²) in [5, 5.41) is 9.63.